The van der Waals surface area contributed by atoms with Crippen LogP contribution in [0.1, 0.15) is 17.4 Å². The third kappa shape index (κ3) is 5.13. The van der Waals surface area contributed by atoms with Gasteiger partial charge in [0.05, 0.1) is 26.5 Å². The molecule has 3 rings (SSSR count). The van der Waals surface area contributed by atoms with Crippen LogP contribution in [0.15, 0.2) is 54.9 Å². The minimum absolute atomic E-state index is 0.214. The summed E-state index contributed by atoms with van der Waals surface area (Å²) in [6.45, 7) is 2.54. The molecule has 0 aliphatic carbocycles. The van der Waals surface area contributed by atoms with Gasteiger partial charge in [0.1, 0.15) is 35.1 Å². The molecule has 0 saturated carbocycles. The molecule has 0 atom stereocenters. The molecule has 150 valence electrons. The Morgan fingerprint density at radius 3 is 2.41 bits per heavy atom. The molecule has 0 aliphatic heterocycles. The number of carbonyl (C=O) groups is 1. The molecule has 0 spiro atoms. The fourth-order valence-corrected chi connectivity index (χ4v) is 2.59. The number of hydrogen-bond acceptors (Lipinski definition) is 7. The molecule has 1 amide bonds. The van der Waals surface area contributed by atoms with Gasteiger partial charge < -0.3 is 24.8 Å². The van der Waals surface area contributed by atoms with Crippen molar-refractivity contribution in [1.82, 2.24) is 9.97 Å². The summed E-state index contributed by atoms with van der Waals surface area (Å²) in [5.74, 6) is 2.01. The lowest BCUT2D eigenvalue weighted by atomic mass is 10.2. The molecule has 29 heavy (non-hydrogen) atoms. The van der Waals surface area contributed by atoms with Gasteiger partial charge in [0.15, 0.2) is 0 Å². The van der Waals surface area contributed by atoms with Gasteiger partial charge in [-0.05, 0) is 43.3 Å². The van der Waals surface area contributed by atoms with Gasteiger partial charge >= 0.3 is 0 Å². The van der Waals surface area contributed by atoms with Crippen molar-refractivity contribution >= 4 is 23.1 Å². The van der Waals surface area contributed by atoms with Gasteiger partial charge in [0.2, 0.25) is 0 Å². The van der Waals surface area contributed by atoms with Gasteiger partial charge in [-0.3, -0.25) is 4.79 Å². The Morgan fingerprint density at radius 1 is 0.966 bits per heavy atom. The average molecular weight is 394 g/mol. The zero-order chi connectivity index (χ0) is 20.6. The van der Waals surface area contributed by atoms with E-state index in [-0.39, 0.29) is 11.6 Å². The summed E-state index contributed by atoms with van der Waals surface area (Å²) in [5, 5.41) is 5.93. The van der Waals surface area contributed by atoms with Crippen molar-refractivity contribution < 1.29 is 19.0 Å². The molecular weight excluding hydrogens is 372 g/mol. The Hall–Kier alpha value is -3.81. The van der Waals surface area contributed by atoms with Gasteiger partial charge in [0, 0.05) is 17.8 Å². The molecule has 0 fully saturated rings. The summed E-state index contributed by atoms with van der Waals surface area (Å²) in [6.07, 6.45) is 1.33. The van der Waals surface area contributed by atoms with Gasteiger partial charge in [0.25, 0.3) is 5.91 Å². The summed E-state index contributed by atoms with van der Waals surface area (Å²) in [5.41, 5.74) is 1.54. The molecule has 1 heterocycles. The lowest BCUT2D eigenvalue weighted by Crippen LogP contribution is -2.15. The van der Waals surface area contributed by atoms with Crippen molar-refractivity contribution in [3.8, 4) is 17.2 Å². The Bertz CT molecular complexity index is 977. The van der Waals surface area contributed by atoms with Gasteiger partial charge in [-0.15, -0.1) is 0 Å². The number of benzene rings is 2. The third-order valence-electron chi connectivity index (χ3n) is 3.99. The first-order valence-electron chi connectivity index (χ1n) is 8.98. The average Bonchev–Trinajstić information content (AvgIpc) is 2.75. The Kier molecular flexibility index (Phi) is 6.47. The Labute approximate surface area is 168 Å². The summed E-state index contributed by atoms with van der Waals surface area (Å²) < 4.78 is 15.9. The Morgan fingerprint density at radius 2 is 1.72 bits per heavy atom. The third-order valence-corrected chi connectivity index (χ3v) is 3.99. The first-order chi connectivity index (χ1) is 14.1. The fraction of sp³-hybridized carbons (Fsp3) is 0.190. The number of rotatable bonds is 8. The highest BCUT2D eigenvalue weighted by atomic mass is 16.5. The van der Waals surface area contributed by atoms with Crippen LogP contribution in [0.5, 0.6) is 17.2 Å². The van der Waals surface area contributed by atoms with Crippen LogP contribution in [0, 0.1) is 0 Å². The zero-order valence-electron chi connectivity index (χ0n) is 16.4. The smallest absolute Gasteiger partial charge is 0.274 e. The van der Waals surface area contributed by atoms with Crippen molar-refractivity contribution in [3.05, 3.63) is 60.6 Å². The molecule has 0 saturated heterocycles. The van der Waals surface area contributed by atoms with Gasteiger partial charge in [-0.1, -0.05) is 0 Å². The maximum atomic E-state index is 12.6. The number of nitrogens with zero attached hydrogens (tertiary/aromatic N) is 2. The highest BCUT2D eigenvalue weighted by Crippen LogP contribution is 2.29. The summed E-state index contributed by atoms with van der Waals surface area (Å²) >= 11 is 0. The molecule has 1 aromatic heterocycles. The van der Waals surface area contributed by atoms with Crippen LogP contribution in [-0.2, 0) is 0 Å². The SMILES string of the molecule is CCOc1ccc(Nc2cc(C(=O)Nc3ccc(OC)cc3OC)ncn2)cc1. The lowest BCUT2D eigenvalue weighted by molar-refractivity contribution is 0.102. The van der Waals surface area contributed by atoms with E-state index >= 15 is 0 Å². The predicted molar refractivity (Wildman–Crippen MR) is 110 cm³/mol. The molecule has 0 radical (unpaired) electrons. The van der Waals surface area contributed by atoms with Crippen LogP contribution in [0.25, 0.3) is 0 Å². The van der Waals surface area contributed by atoms with Crippen molar-refractivity contribution in [2.75, 3.05) is 31.5 Å². The van der Waals surface area contributed by atoms with Crippen LogP contribution >= 0.6 is 0 Å². The molecule has 8 nitrogen and oxygen atoms in total. The second-order valence-corrected chi connectivity index (χ2v) is 5.89. The molecular formula is C21H22N4O4. The second kappa shape index (κ2) is 9.41. The fourth-order valence-electron chi connectivity index (χ4n) is 2.59. The topological polar surface area (TPSA) is 94.6 Å². The number of carbonyl (C=O) groups excluding carboxylic acids is 1. The van der Waals surface area contributed by atoms with Crippen molar-refractivity contribution in [2.45, 2.75) is 6.92 Å². The highest BCUT2D eigenvalue weighted by Gasteiger charge is 2.13. The van der Waals surface area contributed by atoms with Gasteiger partial charge in [-0.25, -0.2) is 9.97 Å². The van der Waals surface area contributed by atoms with Crippen LogP contribution in [-0.4, -0.2) is 36.7 Å². The minimum atomic E-state index is -0.384. The second-order valence-electron chi connectivity index (χ2n) is 5.89. The van der Waals surface area contributed by atoms with E-state index in [1.54, 1.807) is 31.4 Å². The summed E-state index contributed by atoms with van der Waals surface area (Å²) in [7, 11) is 3.08. The van der Waals surface area contributed by atoms with Crippen molar-refractivity contribution in [2.24, 2.45) is 0 Å². The zero-order valence-corrected chi connectivity index (χ0v) is 16.4. The maximum absolute atomic E-state index is 12.6. The normalized spacial score (nSPS) is 10.2. The van der Waals surface area contributed by atoms with E-state index in [2.05, 4.69) is 20.6 Å². The summed E-state index contributed by atoms with van der Waals surface area (Å²) in [6, 6.07) is 14.2. The first kappa shape index (κ1) is 19.9. The maximum Gasteiger partial charge on any atom is 0.274 e. The van der Waals surface area contributed by atoms with E-state index in [4.69, 9.17) is 14.2 Å². The van der Waals surface area contributed by atoms with E-state index in [9.17, 15) is 4.79 Å². The number of amides is 1. The first-order valence-corrected chi connectivity index (χ1v) is 8.98. The standard InChI is InChI=1S/C21H22N4O4/c1-4-29-15-7-5-14(6-8-15)24-20-12-18(22-13-23-20)21(26)25-17-10-9-16(27-2)11-19(17)28-3/h5-13H,4H2,1-3H3,(H,25,26)(H,22,23,24). The monoisotopic (exact) mass is 394 g/mol. The highest BCUT2D eigenvalue weighted by molar-refractivity contribution is 6.04. The number of ether oxygens (including phenoxy) is 3. The quantitative estimate of drug-likeness (QED) is 0.598. The number of aromatic nitrogens is 2. The predicted octanol–water partition coefficient (Wildman–Crippen LogP) is 3.89. The molecule has 8 heteroatoms. The molecule has 2 N–H and O–H groups in total. The summed E-state index contributed by atoms with van der Waals surface area (Å²) in [4.78, 5) is 20.8. The van der Waals surface area contributed by atoms with Crippen LogP contribution < -0.4 is 24.8 Å². The van der Waals surface area contributed by atoms with E-state index in [0.717, 1.165) is 11.4 Å². The van der Waals surface area contributed by atoms with Crippen molar-refractivity contribution in [3.63, 3.8) is 0 Å². The number of hydrogen-bond donors (Lipinski definition) is 2. The molecule has 0 bridgehead atoms. The van der Waals surface area contributed by atoms with Crippen LogP contribution in [0.3, 0.4) is 0 Å². The lowest BCUT2D eigenvalue weighted by Gasteiger charge is -2.12. The van der Waals surface area contributed by atoms with Gasteiger partial charge in [-0.2, -0.15) is 0 Å². The number of nitrogens with one attached hydrogen (secondary N) is 2. The molecule has 2 aromatic carbocycles. The van der Waals surface area contributed by atoms with Crippen LogP contribution in [0.4, 0.5) is 17.2 Å². The van der Waals surface area contributed by atoms with E-state index in [1.807, 2.05) is 31.2 Å². The molecule has 0 aliphatic rings. The van der Waals surface area contributed by atoms with Crippen molar-refractivity contribution in [1.29, 1.82) is 0 Å². The van der Waals surface area contributed by atoms with Crippen LogP contribution in [0.2, 0.25) is 0 Å². The largest absolute Gasteiger partial charge is 0.497 e. The molecule has 0 unspecified atom stereocenters. The van der Waals surface area contributed by atoms with E-state index in [1.165, 1.54) is 13.4 Å². The number of anilines is 3. The minimum Gasteiger partial charge on any atom is -0.497 e. The molecule has 3 aromatic rings. The Balaban J connectivity index is 1.72. The number of methoxy groups -OCH3 is 2. The van der Waals surface area contributed by atoms with E-state index < -0.39 is 0 Å². The van der Waals surface area contributed by atoms with E-state index in [0.29, 0.717) is 29.6 Å².